The largest absolute Gasteiger partial charge is 0.493 e. The number of fused-ring (bicyclic) bond motifs is 3. The molecule has 7 nitrogen and oxygen atoms in total. The molecule has 2 heterocycles. The molecule has 1 N–H and O–H groups in total. The van der Waals surface area contributed by atoms with Crippen molar-refractivity contribution in [3.63, 3.8) is 0 Å². The second kappa shape index (κ2) is 12.4. The predicted octanol–water partition coefficient (Wildman–Crippen LogP) is 5.61. The molecule has 0 unspecified atom stereocenters. The Balaban J connectivity index is 0.000000426. The Morgan fingerprint density at radius 2 is 1.74 bits per heavy atom. The van der Waals surface area contributed by atoms with Crippen LogP contribution in [0.4, 0.5) is 19.0 Å². The summed E-state index contributed by atoms with van der Waals surface area (Å²) in [7, 11) is 4.00. The van der Waals surface area contributed by atoms with Crippen molar-refractivity contribution in [1.82, 2.24) is 9.88 Å². The van der Waals surface area contributed by atoms with Gasteiger partial charge in [0.25, 0.3) is 0 Å². The standard InChI is InChI=1S/C26H37N3O2.C2HF3O2/c1-28(19-9-3-4-10-19)26-21-12-7-11-20(21)22-17-24(30-2)25(18-23(22)27-26)31-16-8-15-29-13-5-6-14-29;3-2(4,5)1(6)7/h17-19H,3-16H2,1-2H3;(H,6,7). The molecule has 38 heavy (non-hydrogen) atoms. The molecule has 1 aromatic carbocycles. The normalized spacial score (nSPS) is 17.8. The molecule has 0 bridgehead atoms. The van der Waals surface area contributed by atoms with Crippen molar-refractivity contribution in [2.24, 2.45) is 0 Å². The summed E-state index contributed by atoms with van der Waals surface area (Å²) in [4.78, 5) is 19.1. The van der Waals surface area contributed by atoms with Crippen LogP contribution in [0.5, 0.6) is 11.5 Å². The third-order valence-corrected chi connectivity index (χ3v) is 7.85. The van der Waals surface area contributed by atoms with Crippen LogP contribution in [-0.2, 0) is 17.6 Å². The van der Waals surface area contributed by atoms with Gasteiger partial charge in [-0.2, -0.15) is 13.2 Å². The van der Waals surface area contributed by atoms with Crippen LogP contribution in [0.15, 0.2) is 12.1 Å². The van der Waals surface area contributed by atoms with E-state index in [1.54, 1.807) is 7.11 Å². The molecule has 1 aromatic heterocycles. The van der Waals surface area contributed by atoms with Crippen LogP contribution in [0, 0.1) is 0 Å². The fourth-order valence-electron chi connectivity index (χ4n) is 5.86. The maximum absolute atomic E-state index is 10.6. The monoisotopic (exact) mass is 537 g/mol. The molecule has 210 valence electrons. The van der Waals surface area contributed by atoms with E-state index < -0.39 is 12.1 Å². The van der Waals surface area contributed by atoms with E-state index >= 15 is 0 Å². The van der Waals surface area contributed by atoms with E-state index in [4.69, 9.17) is 24.4 Å². The number of halogens is 3. The average molecular weight is 538 g/mol. The summed E-state index contributed by atoms with van der Waals surface area (Å²) in [6, 6.07) is 4.92. The number of hydrogen-bond donors (Lipinski definition) is 1. The summed E-state index contributed by atoms with van der Waals surface area (Å²) in [5, 5.41) is 8.37. The molecule has 1 saturated heterocycles. The third-order valence-electron chi connectivity index (χ3n) is 7.85. The smallest absolute Gasteiger partial charge is 0.490 e. The number of hydrogen-bond acceptors (Lipinski definition) is 6. The Bertz CT molecular complexity index is 1110. The molecular weight excluding hydrogens is 499 g/mol. The lowest BCUT2D eigenvalue weighted by Gasteiger charge is -2.28. The van der Waals surface area contributed by atoms with Crippen LogP contribution in [-0.4, -0.2) is 73.6 Å². The van der Waals surface area contributed by atoms with Crippen molar-refractivity contribution >= 4 is 22.7 Å². The molecule has 10 heteroatoms. The van der Waals surface area contributed by atoms with Gasteiger partial charge in [-0.15, -0.1) is 0 Å². The number of aromatic nitrogens is 1. The zero-order valence-corrected chi connectivity index (χ0v) is 22.3. The molecule has 5 rings (SSSR count). The number of carbonyl (C=O) groups is 1. The highest BCUT2D eigenvalue weighted by molar-refractivity contribution is 5.89. The number of nitrogens with zero attached hydrogens (tertiary/aromatic N) is 3. The van der Waals surface area contributed by atoms with Crippen LogP contribution in [0.1, 0.15) is 62.5 Å². The first-order valence-corrected chi connectivity index (χ1v) is 13.6. The number of carboxylic acids is 1. The van der Waals surface area contributed by atoms with E-state index in [-0.39, 0.29) is 0 Å². The molecule has 0 radical (unpaired) electrons. The van der Waals surface area contributed by atoms with E-state index in [2.05, 4.69) is 29.0 Å². The second-order valence-corrected chi connectivity index (χ2v) is 10.4. The number of benzene rings is 1. The predicted molar refractivity (Wildman–Crippen MR) is 140 cm³/mol. The lowest BCUT2D eigenvalue weighted by molar-refractivity contribution is -0.192. The quantitative estimate of drug-likeness (QED) is 0.439. The number of carboxylic acid groups (broad SMARTS) is 1. The number of likely N-dealkylation sites (tertiary alicyclic amines) is 1. The molecular formula is C28H38F3N3O4. The van der Waals surface area contributed by atoms with Gasteiger partial charge in [-0.1, -0.05) is 12.8 Å². The highest BCUT2D eigenvalue weighted by Gasteiger charge is 2.38. The van der Waals surface area contributed by atoms with Crippen LogP contribution < -0.4 is 14.4 Å². The van der Waals surface area contributed by atoms with Gasteiger partial charge in [0, 0.05) is 31.1 Å². The molecule has 3 aliphatic rings. The van der Waals surface area contributed by atoms with Gasteiger partial charge in [-0.3, -0.25) is 0 Å². The van der Waals surface area contributed by atoms with Gasteiger partial charge in [0.2, 0.25) is 0 Å². The van der Waals surface area contributed by atoms with Crippen molar-refractivity contribution < 1.29 is 32.5 Å². The number of pyridine rings is 1. The number of aryl methyl sites for hydroxylation is 1. The summed E-state index contributed by atoms with van der Waals surface area (Å²) in [5.41, 5.74) is 3.99. The number of anilines is 1. The Hall–Kier alpha value is -2.75. The lowest BCUT2D eigenvalue weighted by atomic mass is 10.0. The highest BCUT2D eigenvalue weighted by Crippen LogP contribution is 2.41. The summed E-state index contributed by atoms with van der Waals surface area (Å²) in [6.45, 7) is 4.33. The van der Waals surface area contributed by atoms with Gasteiger partial charge < -0.3 is 24.4 Å². The van der Waals surface area contributed by atoms with Crippen LogP contribution in [0.25, 0.3) is 10.9 Å². The summed E-state index contributed by atoms with van der Waals surface area (Å²) in [6.07, 6.45) is 7.42. The summed E-state index contributed by atoms with van der Waals surface area (Å²) in [5.74, 6) is 0.113. The lowest BCUT2D eigenvalue weighted by Crippen LogP contribution is -2.30. The first kappa shape index (κ1) is 28.3. The summed E-state index contributed by atoms with van der Waals surface area (Å²) < 4.78 is 43.7. The van der Waals surface area contributed by atoms with E-state index in [1.807, 2.05) is 0 Å². The van der Waals surface area contributed by atoms with E-state index in [0.29, 0.717) is 6.04 Å². The van der Waals surface area contributed by atoms with E-state index in [9.17, 15) is 13.2 Å². The minimum Gasteiger partial charge on any atom is -0.493 e. The van der Waals surface area contributed by atoms with Crippen molar-refractivity contribution in [3.05, 3.63) is 23.3 Å². The molecule has 0 atom stereocenters. The van der Waals surface area contributed by atoms with Gasteiger partial charge in [-0.05, 0) is 81.6 Å². The molecule has 1 aliphatic heterocycles. The van der Waals surface area contributed by atoms with Gasteiger partial charge in [0.1, 0.15) is 5.82 Å². The van der Waals surface area contributed by atoms with Crippen molar-refractivity contribution in [3.8, 4) is 11.5 Å². The first-order valence-electron chi connectivity index (χ1n) is 13.6. The first-order chi connectivity index (χ1) is 18.2. The van der Waals surface area contributed by atoms with E-state index in [0.717, 1.165) is 49.4 Å². The van der Waals surface area contributed by atoms with E-state index in [1.165, 1.54) is 80.4 Å². The Morgan fingerprint density at radius 3 is 2.37 bits per heavy atom. The van der Waals surface area contributed by atoms with Crippen LogP contribution in [0.3, 0.4) is 0 Å². The van der Waals surface area contributed by atoms with Gasteiger partial charge in [-0.25, -0.2) is 9.78 Å². The highest BCUT2D eigenvalue weighted by atomic mass is 19.4. The van der Waals surface area contributed by atoms with Crippen molar-refractivity contribution in [1.29, 1.82) is 0 Å². The molecule has 0 amide bonds. The molecule has 2 aromatic rings. The van der Waals surface area contributed by atoms with Crippen molar-refractivity contribution in [2.45, 2.75) is 76.4 Å². The van der Waals surface area contributed by atoms with Crippen molar-refractivity contribution in [2.75, 3.05) is 45.3 Å². The fourth-order valence-corrected chi connectivity index (χ4v) is 5.86. The molecule has 2 aliphatic carbocycles. The van der Waals surface area contributed by atoms with Gasteiger partial charge >= 0.3 is 12.1 Å². The number of alkyl halides is 3. The SMILES string of the molecule is COc1cc2c3c(c(N(C)C4CCCC4)nc2cc1OCCCN1CCCC1)CCC3.O=C(O)C(F)(F)F. The van der Waals surface area contributed by atoms with Gasteiger partial charge in [0.15, 0.2) is 11.5 Å². The number of methoxy groups -OCH3 is 1. The van der Waals surface area contributed by atoms with Crippen LogP contribution in [0.2, 0.25) is 0 Å². The Morgan fingerprint density at radius 1 is 1.08 bits per heavy atom. The summed E-state index contributed by atoms with van der Waals surface area (Å²) >= 11 is 0. The maximum Gasteiger partial charge on any atom is 0.490 e. The maximum atomic E-state index is 10.6. The number of rotatable bonds is 8. The minimum absolute atomic E-state index is 0.634. The van der Waals surface area contributed by atoms with Gasteiger partial charge in [0.05, 0.1) is 19.2 Å². The average Bonchev–Trinajstić information content (AvgIpc) is 3.68. The number of aliphatic carboxylic acids is 1. The Labute approximate surface area is 221 Å². The molecule has 2 fully saturated rings. The topological polar surface area (TPSA) is 75.1 Å². The Kier molecular flexibility index (Phi) is 9.23. The zero-order chi connectivity index (χ0) is 27.3. The minimum atomic E-state index is -5.08. The molecule has 0 spiro atoms. The zero-order valence-electron chi connectivity index (χ0n) is 22.3. The second-order valence-electron chi connectivity index (χ2n) is 10.4. The van der Waals surface area contributed by atoms with Crippen LogP contribution >= 0.6 is 0 Å². The molecule has 1 saturated carbocycles. The fraction of sp³-hybridized carbons (Fsp3) is 0.643. The number of ether oxygens (including phenoxy) is 2. The third kappa shape index (κ3) is 6.62.